The van der Waals surface area contributed by atoms with Crippen molar-refractivity contribution >= 4 is 26.2 Å². The maximum absolute atomic E-state index is 12.7. The maximum Gasteiger partial charge on any atom is 0.332 e. The zero-order valence-electron chi connectivity index (χ0n) is 16.1. The average molecular weight is 445 g/mol. The molecule has 1 aromatic heterocycles. The van der Waals surface area contributed by atoms with Crippen LogP contribution >= 0.6 is 0 Å². The van der Waals surface area contributed by atoms with Crippen LogP contribution in [0.2, 0.25) is 0 Å². The summed E-state index contributed by atoms with van der Waals surface area (Å²) in [6.45, 7) is 0.0407. The Balaban J connectivity index is 1.80. The summed E-state index contributed by atoms with van der Waals surface area (Å²) in [5, 5.41) is 0.894. The van der Waals surface area contributed by atoms with Gasteiger partial charge in [-0.3, -0.25) is 0 Å². The van der Waals surface area contributed by atoms with Crippen LogP contribution < -0.4 is 4.18 Å². The van der Waals surface area contributed by atoms with E-state index in [4.69, 9.17) is 4.18 Å². The highest BCUT2D eigenvalue weighted by molar-refractivity contribution is 7.90. The lowest BCUT2D eigenvalue weighted by Crippen LogP contribution is -2.27. The van der Waals surface area contributed by atoms with Crippen LogP contribution in [0.25, 0.3) is 6.08 Å². The lowest BCUT2D eigenvalue weighted by Gasteiger charge is -2.17. The van der Waals surface area contributed by atoms with E-state index in [1.807, 2.05) is 0 Å². The summed E-state index contributed by atoms with van der Waals surface area (Å²) in [4.78, 5) is 3.90. The third kappa shape index (κ3) is 5.53. The molecule has 0 saturated carbocycles. The lowest BCUT2D eigenvalue weighted by atomic mass is 10.1. The van der Waals surface area contributed by atoms with Crippen molar-refractivity contribution in [1.29, 1.82) is 0 Å². The van der Waals surface area contributed by atoms with Crippen molar-refractivity contribution in [3.05, 3.63) is 95.5 Å². The minimum Gasteiger partial charge on any atom is -0.379 e. The van der Waals surface area contributed by atoms with Gasteiger partial charge in [0.2, 0.25) is 0 Å². The highest BCUT2D eigenvalue weighted by atomic mass is 32.2. The van der Waals surface area contributed by atoms with Crippen molar-refractivity contribution in [3.8, 4) is 5.75 Å². The molecule has 3 aromatic rings. The van der Waals surface area contributed by atoms with Gasteiger partial charge in [0.15, 0.2) is 5.03 Å². The van der Waals surface area contributed by atoms with Gasteiger partial charge >= 0.3 is 10.1 Å². The van der Waals surface area contributed by atoms with Crippen LogP contribution in [0.4, 0.5) is 0 Å². The second kappa shape index (κ2) is 9.21. The van der Waals surface area contributed by atoms with Gasteiger partial charge in [-0.2, -0.15) is 12.7 Å². The average Bonchev–Trinajstić information content (AvgIpc) is 2.74. The summed E-state index contributed by atoms with van der Waals surface area (Å²) in [6.07, 6.45) is 2.80. The van der Waals surface area contributed by atoms with Gasteiger partial charge in [-0.1, -0.05) is 48.5 Å². The Morgan fingerprint density at radius 2 is 1.57 bits per heavy atom. The number of pyridine rings is 1. The van der Waals surface area contributed by atoms with Crippen LogP contribution in [0.3, 0.4) is 0 Å². The zero-order chi connectivity index (χ0) is 21.6. The number of hydrogen-bond donors (Lipinski definition) is 0. The minimum absolute atomic E-state index is 0.0407. The predicted molar refractivity (Wildman–Crippen MR) is 114 cm³/mol. The van der Waals surface area contributed by atoms with E-state index in [1.165, 1.54) is 37.5 Å². The number of aromatic nitrogens is 1. The molecule has 0 spiro atoms. The fourth-order valence-corrected chi connectivity index (χ4v) is 4.44. The van der Waals surface area contributed by atoms with E-state index in [9.17, 15) is 16.8 Å². The lowest BCUT2D eigenvalue weighted by molar-refractivity contribution is 0.463. The molecule has 0 bridgehead atoms. The van der Waals surface area contributed by atoms with Gasteiger partial charge < -0.3 is 4.18 Å². The molecule has 0 aliphatic rings. The SMILES string of the molecule is CN(Cc1ccccc1/C=C/S(=O)(=O)Oc1ccccc1)S(=O)(=O)c1ccccn1. The predicted octanol–water partition coefficient (Wildman–Crippen LogP) is 3.28. The number of rotatable bonds is 8. The topological polar surface area (TPSA) is 93.6 Å². The standard InChI is InChI=1S/C21H20N2O5S2/c1-23(30(26,27)21-13-7-8-15-22-21)17-19-10-6-5-9-18(19)14-16-29(24,25)28-20-11-3-2-4-12-20/h2-16H,17H2,1H3/b16-14+. The fraction of sp³-hybridized carbons (Fsp3) is 0.0952. The van der Waals surface area contributed by atoms with Crippen molar-refractivity contribution in [2.45, 2.75) is 11.6 Å². The van der Waals surface area contributed by atoms with Crippen LogP contribution in [0.15, 0.2) is 89.4 Å². The van der Waals surface area contributed by atoms with Crippen molar-refractivity contribution in [1.82, 2.24) is 9.29 Å². The first-order chi connectivity index (χ1) is 14.3. The van der Waals surface area contributed by atoms with Gasteiger partial charge in [-0.25, -0.2) is 13.4 Å². The van der Waals surface area contributed by atoms with Crippen molar-refractivity contribution in [2.75, 3.05) is 7.05 Å². The normalized spacial score (nSPS) is 12.3. The maximum atomic E-state index is 12.7. The molecule has 0 N–H and O–H groups in total. The Morgan fingerprint density at radius 3 is 2.27 bits per heavy atom. The molecular formula is C21H20N2O5S2. The summed E-state index contributed by atoms with van der Waals surface area (Å²) in [6, 6.07) is 19.7. The molecule has 2 aromatic carbocycles. The summed E-state index contributed by atoms with van der Waals surface area (Å²) < 4.78 is 56.0. The largest absolute Gasteiger partial charge is 0.379 e. The first-order valence-electron chi connectivity index (χ1n) is 8.91. The first-order valence-corrected chi connectivity index (χ1v) is 11.8. The minimum atomic E-state index is -3.97. The highest BCUT2D eigenvalue weighted by Crippen LogP contribution is 2.19. The molecule has 7 nitrogen and oxygen atoms in total. The van der Waals surface area contributed by atoms with E-state index in [-0.39, 0.29) is 17.3 Å². The highest BCUT2D eigenvalue weighted by Gasteiger charge is 2.22. The molecule has 0 amide bonds. The smallest absolute Gasteiger partial charge is 0.332 e. The molecule has 1 heterocycles. The van der Waals surface area contributed by atoms with E-state index in [0.717, 1.165) is 9.71 Å². The fourth-order valence-electron chi connectivity index (χ4n) is 2.62. The Bertz CT molecular complexity index is 1230. The quantitative estimate of drug-likeness (QED) is 0.495. The molecule has 0 atom stereocenters. The van der Waals surface area contributed by atoms with E-state index < -0.39 is 20.1 Å². The molecule has 3 rings (SSSR count). The number of hydrogen-bond acceptors (Lipinski definition) is 6. The molecule has 156 valence electrons. The molecule has 0 saturated heterocycles. The molecule has 0 unspecified atom stereocenters. The molecule has 9 heteroatoms. The molecule has 0 fully saturated rings. The Hall–Kier alpha value is -3.01. The Kier molecular flexibility index (Phi) is 6.66. The van der Waals surface area contributed by atoms with Crippen LogP contribution in [0.1, 0.15) is 11.1 Å². The van der Waals surface area contributed by atoms with Gasteiger partial charge in [0.05, 0.1) is 5.41 Å². The third-order valence-corrected chi connectivity index (χ3v) is 6.74. The summed E-state index contributed by atoms with van der Waals surface area (Å²) in [7, 11) is -6.31. The van der Waals surface area contributed by atoms with E-state index in [0.29, 0.717) is 11.1 Å². The van der Waals surface area contributed by atoms with Crippen LogP contribution in [-0.2, 0) is 26.7 Å². The molecule has 30 heavy (non-hydrogen) atoms. The van der Waals surface area contributed by atoms with E-state index in [2.05, 4.69) is 4.98 Å². The number of nitrogens with zero attached hydrogens (tertiary/aromatic N) is 2. The van der Waals surface area contributed by atoms with Crippen LogP contribution in [0.5, 0.6) is 5.75 Å². The Labute approximate surface area is 176 Å². The van der Waals surface area contributed by atoms with Crippen molar-refractivity contribution in [3.63, 3.8) is 0 Å². The van der Waals surface area contributed by atoms with Gasteiger partial charge in [0.25, 0.3) is 10.0 Å². The first kappa shape index (κ1) is 21.7. The molecule has 0 aliphatic carbocycles. The van der Waals surface area contributed by atoms with Crippen molar-refractivity contribution < 1.29 is 21.0 Å². The molecule has 0 radical (unpaired) electrons. The zero-order valence-corrected chi connectivity index (χ0v) is 17.8. The number of sulfonamides is 1. The van der Waals surface area contributed by atoms with E-state index in [1.54, 1.807) is 54.6 Å². The molecular weight excluding hydrogens is 424 g/mol. The van der Waals surface area contributed by atoms with Crippen LogP contribution in [0, 0.1) is 0 Å². The van der Waals surface area contributed by atoms with Gasteiger partial charge in [0.1, 0.15) is 5.75 Å². The summed E-state index contributed by atoms with van der Waals surface area (Å²) in [5.41, 5.74) is 1.19. The van der Waals surface area contributed by atoms with E-state index >= 15 is 0 Å². The summed E-state index contributed by atoms with van der Waals surface area (Å²) >= 11 is 0. The van der Waals surface area contributed by atoms with Crippen molar-refractivity contribution in [2.24, 2.45) is 0 Å². The van der Waals surface area contributed by atoms with Gasteiger partial charge in [-0.05, 0) is 41.5 Å². The number of para-hydroxylation sites is 1. The van der Waals surface area contributed by atoms with Gasteiger partial charge in [0, 0.05) is 19.8 Å². The monoisotopic (exact) mass is 444 g/mol. The second-order valence-electron chi connectivity index (χ2n) is 6.32. The van der Waals surface area contributed by atoms with Crippen LogP contribution in [-0.4, -0.2) is 33.2 Å². The number of benzene rings is 2. The molecule has 0 aliphatic heterocycles. The Morgan fingerprint density at radius 1 is 0.900 bits per heavy atom. The third-order valence-electron chi connectivity index (χ3n) is 4.13. The second-order valence-corrected chi connectivity index (χ2v) is 9.74. The van der Waals surface area contributed by atoms with Gasteiger partial charge in [-0.15, -0.1) is 0 Å². The summed E-state index contributed by atoms with van der Waals surface area (Å²) in [5.74, 6) is 0.205.